The van der Waals surface area contributed by atoms with Crippen LogP contribution in [0.4, 0.5) is 5.69 Å². The number of rotatable bonds is 2. The van der Waals surface area contributed by atoms with Crippen LogP contribution in [0.2, 0.25) is 5.02 Å². The van der Waals surface area contributed by atoms with Crippen molar-refractivity contribution < 1.29 is 4.79 Å². The van der Waals surface area contributed by atoms with E-state index in [1.54, 1.807) is 11.3 Å². The number of thiophene rings is 1. The Morgan fingerprint density at radius 2 is 2.05 bits per heavy atom. The Morgan fingerprint density at radius 1 is 1.25 bits per heavy atom. The van der Waals surface area contributed by atoms with Gasteiger partial charge in [-0.25, -0.2) is 0 Å². The third-order valence-electron chi connectivity index (χ3n) is 3.40. The highest BCUT2D eigenvalue weighted by Crippen LogP contribution is 2.31. The van der Waals surface area contributed by atoms with Crippen molar-refractivity contribution in [3.05, 3.63) is 48.2 Å². The van der Waals surface area contributed by atoms with E-state index in [2.05, 4.69) is 27.9 Å². The minimum absolute atomic E-state index is 0.0625. The number of aryl methyl sites for hydroxylation is 2. The van der Waals surface area contributed by atoms with Gasteiger partial charge in [0.2, 0.25) is 0 Å². The minimum Gasteiger partial charge on any atom is -0.320 e. The lowest BCUT2D eigenvalue weighted by atomic mass is 9.99. The molecule has 104 valence electrons. The Hall–Kier alpha value is -0.590. The summed E-state index contributed by atoms with van der Waals surface area (Å²) >= 11 is 9.96. The number of anilines is 1. The van der Waals surface area contributed by atoms with Gasteiger partial charge in [0.15, 0.2) is 0 Å². The predicted octanol–water partition coefficient (Wildman–Crippen LogP) is 5.14. The van der Waals surface area contributed by atoms with Crippen LogP contribution >= 0.6 is 45.5 Å². The lowest BCUT2D eigenvalue weighted by Gasteiger charge is -2.08. The molecule has 1 heterocycles. The number of hydrogen-bond acceptors (Lipinski definition) is 2. The number of hydrogen-bond donors (Lipinski definition) is 1. The zero-order valence-electron chi connectivity index (χ0n) is 10.7. The maximum atomic E-state index is 12.3. The molecule has 3 rings (SSSR count). The Labute approximate surface area is 140 Å². The van der Waals surface area contributed by atoms with Gasteiger partial charge in [-0.2, -0.15) is 0 Å². The average Bonchev–Trinajstić information content (AvgIpc) is 2.86. The van der Waals surface area contributed by atoms with Gasteiger partial charge in [-0.3, -0.25) is 4.79 Å². The van der Waals surface area contributed by atoms with Gasteiger partial charge >= 0.3 is 0 Å². The van der Waals surface area contributed by atoms with Crippen LogP contribution in [0.25, 0.3) is 0 Å². The van der Waals surface area contributed by atoms with Crippen LogP contribution in [0.1, 0.15) is 33.0 Å². The summed E-state index contributed by atoms with van der Waals surface area (Å²) in [6.07, 6.45) is 4.67. The smallest absolute Gasteiger partial charge is 0.265 e. The van der Waals surface area contributed by atoms with Gasteiger partial charge in [0, 0.05) is 8.45 Å². The van der Waals surface area contributed by atoms with E-state index in [0.29, 0.717) is 10.7 Å². The van der Waals surface area contributed by atoms with E-state index < -0.39 is 0 Å². The Kier molecular flexibility index (Phi) is 4.33. The number of fused-ring (bicyclic) bond motifs is 1. The molecule has 0 radical (unpaired) electrons. The molecule has 1 aromatic carbocycles. The predicted molar refractivity (Wildman–Crippen MR) is 93.1 cm³/mol. The summed E-state index contributed by atoms with van der Waals surface area (Å²) in [5, 5.41) is 3.47. The summed E-state index contributed by atoms with van der Waals surface area (Å²) < 4.78 is 1.05. The van der Waals surface area contributed by atoms with Gasteiger partial charge in [0.05, 0.1) is 15.6 Å². The van der Waals surface area contributed by atoms with Crippen molar-refractivity contribution in [3.8, 4) is 0 Å². The van der Waals surface area contributed by atoms with Gasteiger partial charge in [-0.15, -0.1) is 11.3 Å². The highest BCUT2D eigenvalue weighted by Gasteiger charge is 2.17. The maximum Gasteiger partial charge on any atom is 0.265 e. The molecule has 1 aliphatic rings. The summed E-state index contributed by atoms with van der Waals surface area (Å²) in [5.74, 6) is -0.0625. The summed E-state index contributed by atoms with van der Waals surface area (Å²) in [5.41, 5.74) is 2.02. The fourth-order valence-electron chi connectivity index (χ4n) is 2.38. The van der Waals surface area contributed by atoms with E-state index in [4.69, 9.17) is 11.6 Å². The minimum atomic E-state index is -0.0625. The zero-order valence-corrected chi connectivity index (χ0v) is 14.4. The SMILES string of the molecule is O=C(Nc1ccc(I)cc1Cl)c1cc2c(s1)CCCC2. The zero-order chi connectivity index (χ0) is 14.1. The van der Waals surface area contributed by atoms with Crippen molar-refractivity contribution in [1.29, 1.82) is 0 Å². The monoisotopic (exact) mass is 417 g/mol. The Morgan fingerprint density at radius 3 is 2.80 bits per heavy atom. The third-order valence-corrected chi connectivity index (χ3v) is 5.62. The molecular weight excluding hydrogens is 405 g/mol. The Balaban J connectivity index is 1.80. The topological polar surface area (TPSA) is 29.1 Å². The first-order chi connectivity index (χ1) is 9.63. The van der Waals surface area contributed by atoms with Crippen molar-refractivity contribution in [1.82, 2.24) is 0 Å². The van der Waals surface area contributed by atoms with Crippen LogP contribution in [-0.4, -0.2) is 5.91 Å². The number of carbonyl (C=O) groups excluding carboxylic acids is 1. The summed E-state index contributed by atoms with van der Waals surface area (Å²) in [7, 11) is 0. The van der Waals surface area contributed by atoms with Crippen LogP contribution in [0.3, 0.4) is 0 Å². The number of halogens is 2. The third kappa shape index (κ3) is 3.02. The van der Waals surface area contributed by atoms with E-state index in [1.807, 2.05) is 24.3 Å². The molecule has 1 amide bonds. The molecule has 1 aliphatic carbocycles. The molecule has 0 saturated carbocycles. The molecule has 20 heavy (non-hydrogen) atoms. The van der Waals surface area contributed by atoms with Crippen LogP contribution < -0.4 is 5.32 Å². The fraction of sp³-hybridized carbons (Fsp3) is 0.267. The number of amides is 1. The van der Waals surface area contributed by atoms with Gasteiger partial charge in [-0.1, -0.05) is 11.6 Å². The van der Waals surface area contributed by atoms with Gasteiger partial charge in [0.25, 0.3) is 5.91 Å². The van der Waals surface area contributed by atoms with Crippen LogP contribution in [0.15, 0.2) is 24.3 Å². The average molecular weight is 418 g/mol. The second-order valence-electron chi connectivity index (χ2n) is 4.84. The van der Waals surface area contributed by atoms with E-state index in [1.165, 1.54) is 23.3 Å². The maximum absolute atomic E-state index is 12.3. The van der Waals surface area contributed by atoms with E-state index in [-0.39, 0.29) is 5.91 Å². The highest BCUT2D eigenvalue weighted by atomic mass is 127. The van der Waals surface area contributed by atoms with Crippen molar-refractivity contribution >= 4 is 57.1 Å². The van der Waals surface area contributed by atoms with Crippen molar-refractivity contribution in [2.24, 2.45) is 0 Å². The van der Waals surface area contributed by atoms with Gasteiger partial charge in [0.1, 0.15) is 0 Å². The van der Waals surface area contributed by atoms with Crippen molar-refractivity contribution in [2.45, 2.75) is 25.7 Å². The molecule has 0 atom stereocenters. The summed E-state index contributed by atoms with van der Waals surface area (Å²) in [4.78, 5) is 14.5. The molecule has 2 nitrogen and oxygen atoms in total. The molecule has 1 aromatic heterocycles. The van der Waals surface area contributed by atoms with E-state index in [9.17, 15) is 4.79 Å². The highest BCUT2D eigenvalue weighted by molar-refractivity contribution is 14.1. The van der Waals surface area contributed by atoms with E-state index in [0.717, 1.165) is 21.3 Å². The molecule has 0 fully saturated rings. The van der Waals surface area contributed by atoms with Gasteiger partial charge < -0.3 is 5.32 Å². The molecule has 1 N–H and O–H groups in total. The molecular formula is C15H13ClINOS. The van der Waals surface area contributed by atoms with Crippen LogP contribution in [-0.2, 0) is 12.8 Å². The number of carbonyl (C=O) groups is 1. The van der Waals surface area contributed by atoms with Crippen LogP contribution in [0, 0.1) is 3.57 Å². The largest absolute Gasteiger partial charge is 0.320 e. The summed E-state index contributed by atoms with van der Waals surface area (Å²) in [6, 6.07) is 7.66. The number of nitrogens with one attached hydrogen (secondary N) is 1. The molecule has 0 bridgehead atoms. The molecule has 5 heteroatoms. The lowest BCUT2D eigenvalue weighted by molar-refractivity contribution is 0.103. The standard InChI is InChI=1S/C15H13ClINOS/c16-11-8-10(17)5-6-12(11)18-15(19)14-7-9-3-1-2-4-13(9)20-14/h5-8H,1-4H2,(H,18,19). The first-order valence-corrected chi connectivity index (χ1v) is 8.79. The van der Waals surface area contributed by atoms with Crippen LogP contribution in [0.5, 0.6) is 0 Å². The first kappa shape index (κ1) is 14.4. The van der Waals surface area contributed by atoms with Gasteiger partial charge in [-0.05, 0) is 78.1 Å². The second-order valence-corrected chi connectivity index (χ2v) is 7.63. The lowest BCUT2D eigenvalue weighted by Crippen LogP contribution is -2.10. The second kappa shape index (κ2) is 6.03. The molecule has 0 unspecified atom stereocenters. The Bertz CT molecular complexity index is 644. The number of benzene rings is 1. The summed E-state index contributed by atoms with van der Waals surface area (Å²) in [6.45, 7) is 0. The quantitative estimate of drug-likeness (QED) is 0.674. The molecule has 2 aromatic rings. The van der Waals surface area contributed by atoms with Crippen molar-refractivity contribution in [3.63, 3.8) is 0 Å². The van der Waals surface area contributed by atoms with E-state index >= 15 is 0 Å². The van der Waals surface area contributed by atoms with Crippen molar-refractivity contribution in [2.75, 3.05) is 5.32 Å². The fourth-order valence-corrected chi connectivity index (χ4v) is 4.43. The first-order valence-electron chi connectivity index (χ1n) is 6.51. The molecule has 0 spiro atoms. The normalized spacial score (nSPS) is 13.9. The molecule has 0 saturated heterocycles. The molecule has 0 aliphatic heterocycles.